The summed E-state index contributed by atoms with van der Waals surface area (Å²) in [5.74, 6) is 0.160. The Kier molecular flexibility index (Phi) is 3.20. The Bertz CT molecular complexity index is 277. The van der Waals surface area contributed by atoms with Crippen LogP contribution in [-0.4, -0.2) is 15.3 Å². The van der Waals surface area contributed by atoms with Crippen LogP contribution in [0.15, 0.2) is 0 Å². The van der Waals surface area contributed by atoms with E-state index < -0.39 is 18.5 Å². The molecule has 0 saturated heterocycles. The fourth-order valence-corrected chi connectivity index (χ4v) is 3.51. The Morgan fingerprint density at radius 1 is 1.50 bits per heavy atom. The molecule has 2 N–H and O–H groups in total. The zero-order valence-corrected chi connectivity index (χ0v) is 9.46. The molecule has 0 spiro atoms. The predicted octanol–water partition coefficient (Wildman–Crippen LogP) is 1.91. The summed E-state index contributed by atoms with van der Waals surface area (Å²) in [6, 6.07) is 0. The molecule has 0 aromatic carbocycles. The van der Waals surface area contributed by atoms with E-state index in [1.54, 1.807) is 0 Å². The average Bonchev–Trinajstić information content (AvgIpc) is 2.03. The number of carbonyl (C=O) groups excluding carboxylic acids is 1. The lowest BCUT2D eigenvalue weighted by atomic mass is 9.58. The zero-order chi connectivity index (χ0) is 11.0. The summed E-state index contributed by atoms with van der Waals surface area (Å²) < 4.78 is 10.9. The van der Waals surface area contributed by atoms with Gasteiger partial charge in [-0.2, -0.15) is 0 Å². The van der Waals surface area contributed by atoms with Crippen LogP contribution in [0.4, 0.5) is 0 Å². The van der Waals surface area contributed by atoms with Crippen molar-refractivity contribution in [2.45, 2.75) is 39.5 Å². The fourth-order valence-electron chi connectivity index (χ4n) is 2.48. The van der Waals surface area contributed by atoms with E-state index in [9.17, 15) is 9.36 Å². The van der Waals surface area contributed by atoms with Crippen LogP contribution in [0.5, 0.6) is 0 Å². The third kappa shape index (κ3) is 1.67. The highest BCUT2D eigenvalue weighted by Gasteiger charge is 2.55. The maximum Gasteiger partial charge on any atom is 0.392 e. The van der Waals surface area contributed by atoms with Gasteiger partial charge in [-0.3, -0.25) is 9.36 Å². The first-order valence-electron chi connectivity index (χ1n) is 4.99. The van der Waals surface area contributed by atoms with E-state index in [0.717, 1.165) is 12.8 Å². The lowest BCUT2D eigenvalue weighted by Crippen LogP contribution is -2.45. The highest BCUT2D eigenvalue weighted by atomic mass is 31.2. The molecule has 0 aliphatic heterocycles. The molecule has 1 rings (SSSR count). The Morgan fingerprint density at radius 3 is 2.29 bits per heavy atom. The molecular formula is C9H17O4P. The molecule has 0 heterocycles. The SMILES string of the molecule is CCC1CCC1(CC)C(=O)P(=O)(O)O. The molecule has 1 saturated carbocycles. The van der Waals surface area contributed by atoms with Crippen LogP contribution < -0.4 is 0 Å². The van der Waals surface area contributed by atoms with Crippen molar-refractivity contribution >= 4 is 13.1 Å². The zero-order valence-electron chi connectivity index (χ0n) is 8.56. The van der Waals surface area contributed by atoms with Crippen molar-refractivity contribution in [3.05, 3.63) is 0 Å². The van der Waals surface area contributed by atoms with Crippen molar-refractivity contribution < 1.29 is 19.1 Å². The van der Waals surface area contributed by atoms with E-state index in [4.69, 9.17) is 9.79 Å². The van der Waals surface area contributed by atoms with Crippen molar-refractivity contribution in [2.75, 3.05) is 0 Å². The van der Waals surface area contributed by atoms with Gasteiger partial charge in [0.05, 0.1) is 0 Å². The van der Waals surface area contributed by atoms with Gasteiger partial charge in [-0.25, -0.2) is 0 Å². The van der Waals surface area contributed by atoms with Gasteiger partial charge >= 0.3 is 7.60 Å². The first-order valence-corrected chi connectivity index (χ1v) is 6.60. The Hall–Kier alpha value is -0.180. The number of rotatable bonds is 4. The van der Waals surface area contributed by atoms with Gasteiger partial charge in [-0.1, -0.05) is 20.3 Å². The topological polar surface area (TPSA) is 74.6 Å². The standard InChI is InChI=1S/C9H17O4P/c1-3-7-5-6-9(7,4-2)8(10)14(11,12)13/h7H,3-6H2,1-2H3,(H2,11,12,13). The second kappa shape index (κ2) is 3.76. The molecule has 0 bridgehead atoms. The summed E-state index contributed by atoms with van der Waals surface area (Å²) in [5.41, 5.74) is -1.57. The Balaban J connectivity index is 2.92. The minimum Gasteiger partial charge on any atom is -0.319 e. The second-order valence-corrected chi connectivity index (χ2v) is 5.50. The maximum atomic E-state index is 11.6. The molecule has 0 aromatic heterocycles. The van der Waals surface area contributed by atoms with Gasteiger partial charge in [0, 0.05) is 5.41 Å². The van der Waals surface area contributed by atoms with Crippen molar-refractivity contribution in [3.8, 4) is 0 Å². The summed E-state index contributed by atoms with van der Waals surface area (Å²) in [5, 5.41) is 0. The Labute approximate surface area is 83.9 Å². The molecule has 4 nitrogen and oxygen atoms in total. The third-order valence-electron chi connectivity index (χ3n) is 3.53. The van der Waals surface area contributed by atoms with Crippen LogP contribution in [0.1, 0.15) is 39.5 Å². The molecule has 82 valence electrons. The number of carbonyl (C=O) groups is 1. The molecule has 2 atom stereocenters. The van der Waals surface area contributed by atoms with Crippen LogP contribution >= 0.6 is 7.60 Å². The average molecular weight is 220 g/mol. The van der Waals surface area contributed by atoms with Crippen molar-refractivity contribution in [1.82, 2.24) is 0 Å². The molecule has 0 radical (unpaired) electrons. The largest absolute Gasteiger partial charge is 0.392 e. The molecule has 0 amide bonds. The second-order valence-electron chi connectivity index (χ2n) is 4.00. The summed E-state index contributed by atoms with van der Waals surface area (Å²) in [6.07, 6.45) is 2.90. The van der Waals surface area contributed by atoms with E-state index in [-0.39, 0.29) is 5.92 Å². The van der Waals surface area contributed by atoms with E-state index >= 15 is 0 Å². The minimum atomic E-state index is -4.55. The van der Waals surface area contributed by atoms with E-state index in [1.807, 2.05) is 13.8 Å². The van der Waals surface area contributed by atoms with E-state index in [1.165, 1.54) is 0 Å². The molecule has 1 aliphatic carbocycles. The monoisotopic (exact) mass is 220 g/mol. The smallest absolute Gasteiger partial charge is 0.319 e. The normalized spacial score (nSPS) is 32.4. The fraction of sp³-hybridized carbons (Fsp3) is 0.889. The first-order chi connectivity index (χ1) is 6.38. The van der Waals surface area contributed by atoms with Crippen LogP contribution in [0.25, 0.3) is 0 Å². The van der Waals surface area contributed by atoms with E-state index in [2.05, 4.69) is 0 Å². The highest BCUT2D eigenvalue weighted by molar-refractivity contribution is 7.70. The summed E-state index contributed by atoms with van der Waals surface area (Å²) >= 11 is 0. The number of hydrogen-bond acceptors (Lipinski definition) is 2. The van der Waals surface area contributed by atoms with Crippen LogP contribution in [0.3, 0.4) is 0 Å². The summed E-state index contributed by atoms with van der Waals surface area (Å²) in [4.78, 5) is 29.4. The lowest BCUT2D eigenvalue weighted by molar-refractivity contribution is -0.133. The van der Waals surface area contributed by atoms with Crippen LogP contribution in [0, 0.1) is 11.3 Å². The molecule has 14 heavy (non-hydrogen) atoms. The summed E-state index contributed by atoms with van der Waals surface area (Å²) in [7, 11) is -4.55. The van der Waals surface area contributed by atoms with Crippen LogP contribution in [0.2, 0.25) is 0 Å². The van der Waals surface area contributed by atoms with Gasteiger partial charge in [-0.05, 0) is 25.2 Å². The van der Waals surface area contributed by atoms with Crippen molar-refractivity contribution in [2.24, 2.45) is 11.3 Å². The van der Waals surface area contributed by atoms with Gasteiger partial charge in [-0.15, -0.1) is 0 Å². The van der Waals surface area contributed by atoms with E-state index in [0.29, 0.717) is 12.8 Å². The van der Waals surface area contributed by atoms with Gasteiger partial charge in [0.15, 0.2) is 0 Å². The quantitative estimate of drug-likeness (QED) is 0.709. The molecular weight excluding hydrogens is 203 g/mol. The van der Waals surface area contributed by atoms with Crippen molar-refractivity contribution in [1.29, 1.82) is 0 Å². The van der Waals surface area contributed by atoms with Gasteiger partial charge in [0.25, 0.3) is 0 Å². The molecule has 1 fully saturated rings. The van der Waals surface area contributed by atoms with Gasteiger partial charge in [0.2, 0.25) is 5.52 Å². The minimum absolute atomic E-state index is 0.160. The molecule has 2 unspecified atom stereocenters. The molecule has 5 heteroatoms. The van der Waals surface area contributed by atoms with Crippen LogP contribution in [-0.2, 0) is 9.36 Å². The van der Waals surface area contributed by atoms with Gasteiger partial charge < -0.3 is 9.79 Å². The molecule has 0 aromatic rings. The first kappa shape index (κ1) is 11.9. The lowest BCUT2D eigenvalue weighted by Gasteiger charge is -2.47. The number of hydrogen-bond donors (Lipinski definition) is 2. The summed E-state index contributed by atoms with van der Waals surface area (Å²) in [6.45, 7) is 3.79. The Morgan fingerprint density at radius 2 is 2.07 bits per heavy atom. The maximum absolute atomic E-state index is 11.6. The van der Waals surface area contributed by atoms with Gasteiger partial charge in [0.1, 0.15) is 0 Å². The van der Waals surface area contributed by atoms with Crippen molar-refractivity contribution in [3.63, 3.8) is 0 Å². The third-order valence-corrected chi connectivity index (χ3v) is 4.51. The molecule has 1 aliphatic rings. The highest BCUT2D eigenvalue weighted by Crippen LogP contribution is 2.59. The predicted molar refractivity (Wildman–Crippen MR) is 52.8 cm³/mol.